The summed E-state index contributed by atoms with van der Waals surface area (Å²) in [6.45, 7) is 2.88. The van der Waals surface area contributed by atoms with E-state index in [-0.39, 0.29) is 5.69 Å². The molecule has 3 aromatic rings. The summed E-state index contributed by atoms with van der Waals surface area (Å²) in [5, 5.41) is 11.0. The maximum absolute atomic E-state index is 12.4. The average molecular weight is 437 g/mol. The predicted molar refractivity (Wildman–Crippen MR) is 124 cm³/mol. The van der Waals surface area contributed by atoms with E-state index in [2.05, 4.69) is 27.6 Å². The largest absolute Gasteiger partial charge is 0.497 e. The van der Waals surface area contributed by atoms with Crippen LogP contribution in [-0.4, -0.2) is 43.1 Å². The third kappa shape index (κ3) is 6.10. The molecule has 0 aliphatic heterocycles. The topological polar surface area (TPSA) is 97.8 Å². The molecule has 0 spiro atoms. The summed E-state index contributed by atoms with van der Waals surface area (Å²) in [5.41, 5.74) is 4.89. The van der Waals surface area contributed by atoms with Crippen molar-refractivity contribution in [2.24, 2.45) is 5.10 Å². The Morgan fingerprint density at radius 2 is 1.84 bits per heavy atom. The third-order valence-electron chi connectivity index (χ3n) is 4.78. The number of hydrogen-bond donors (Lipinski definition) is 2. The van der Waals surface area contributed by atoms with Crippen molar-refractivity contribution in [1.82, 2.24) is 15.6 Å². The number of unbranched alkanes of at least 4 members (excludes halogenated alkanes) is 2. The van der Waals surface area contributed by atoms with E-state index in [0.29, 0.717) is 29.4 Å². The summed E-state index contributed by atoms with van der Waals surface area (Å²) in [6.07, 6.45) is 4.95. The van der Waals surface area contributed by atoms with E-state index in [9.17, 15) is 4.79 Å². The minimum absolute atomic E-state index is 0.276. The molecule has 8 nitrogen and oxygen atoms in total. The van der Waals surface area contributed by atoms with E-state index in [1.165, 1.54) is 6.42 Å². The summed E-state index contributed by atoms with van der Waals surface area (Å²) in [7, 11) is 3.16. The van der Waals surface area contributed by atoms with Gasteiger partial charge in [-0.05, 0) is 60.5 Å². The van der Waals surface area contributed by atoms with E-state index < -0.39 is 5.91 Å². The van der Waals surface area contributed by atoms with Gasteiger partial charge >= 0.3 is 0 Å². The van der Waals surface area contributed by atoms with E-state index in [1.807, 2.05) is 24.3 Å². The third-order valence-corrected chi connectivity index (χ3v) is 4.78. The predicted octanol–water partition coefficient (Wildman–Crippen LogP) is 4.43. The van der Waals surface area contributed by atoms with E-state index in [0.717, 1.165) is 24.2 Å². The molecule has 0 atom stereocenters. The van der Waals surface area contributed by atoms with Gasteiger partial charge in [0.1, 0.15) is 22.9 Å². The highest BCUT2D eigenvalue weighted by Crippen LogP contribution is 2.32. The van der Waals surface area contributed by atoms with Gasteiger partial charge in [-0.2, -0.15) is 10.2 Å². The number of amides is 1. The van der Waals surface area contributed by atoms with Gasteiger partial charge in [0.15, 0.2) is 0 Å². The van der Waals surface area contributed by atoms with Crippen LogP contribution in [0.25, 0.3) is 11.3 Å². The zero-order valence-electron chi connectivity index (χ0n) is 18.6. The van der Waals surface area contributed by atoms with Crippen LogP contribution in [0.5, 0.6) is 17.2 Å². The lowest BCUT2D eigenvalue weighted by Gasteiger charge is -2.08. The number of aromatic nitrogens is 2. The zero-order valence-corrected chi connectivity index (χ0v) is 18.6. The van der Waals surface area contributed by atoms with Crippen LogP contribution in [0.4, 0.5) is 0 Å². The van der Waals surface area contributed by atoms with E-state index >= 15 is 0 Å². The highest BCUT2D eigenvalue weighted by atomic mass is 16.5. The van der Waals surface area contributed by atoms with Gasteiger partial charge in [0.2, 0.25) is 0 Å². The highest BCUT2D eigenvalue weighted by molar-refractivity contribution is 5.94. The smallest absolute Gasteiger partial charge is 0.289 e. The molecule has 0 fully saturated rings. The molecule has 0 saturated heterocycles. The fraction of sp³-hybridized carbons (Fsp3) is 0.292. The Bertz CT molecular complexity index is 1040. The molecular weight excluding hydrogens is 408 g/mol. The number of aromatic amines is 1. The molecule has 0 radical (unpaired) electrons. The molecule has 0 saturated carbocycles. The highest BCUT2D eigenvalue weighted by Gasteiger charge is 2.14. The number of nitrogens with one attached hydrogen (secondary N) is 2. The van der Waals surface area contributed by atoms with Crippen LogP contribution in [0.1, 0.15) is 42.2 Å². The van der Waals surface area contributed by atoms with Crippen molar-refractivity contribution in [3.8, 4) is 28.5 Å². The van der Waals surface area contributed by atoms with Crippen molar-refractivity contribution in [1.29, 1.82) is 0 Å². The molecule has 1 heterocycles. The molecular formula is C24H28N4O4. The van der Waals surface area contributed by atoms with Gasteiger partial charge in [-0.25, -0.2) is 5.43 Å². The number of benzene rings is 2. The molecule has 32 heavy (non-hydrogen) atoms. The Balaban J connectivity index is 1.58. The van der Waals surface area contributed by atoms with Gasteiger partial charge < -0.3 is 14.2 Å². The van der Waals surface area contributed by atoms with Gasteiger partial charge in [0.25, 0.3) is 5.91 Å². The fourth-order valence-corrected chi connectivity index (χ4v) is 3.01. The van der Waals surface area contributed by atoms with Crippen LogP contribution < -0.4 is 19.6 Å². The Hall–Kier alpha value is -3.81. The van der Waals surface area contributed by atoms with Gasteiger partial charge in [-0.3, -0.25) is 9.89 Å². The second-order valence-corrected chi connectivity index (χ2v) is 7.06. The summed E-state index contributed by atoms with van der Waals surface area (Å²) in [4.78, 5) is 12.4. The molecule has 1 aromatic heterocycles. The van der Waals surface area contributed by atoms with Crippen LogP contribution in [0, 0.1) is 0 Å². The van der Waals surface area contributed by atoms with E-state index in [1.54, 1.807) is 44.7 Å². The van der Waals surface area contributed by atoms with Crippen molar-refractivity contribution in [2.75, 3.05) is 20.8 Å². The zero-order chi connectivity index (χ0) is 22.8. The van der Waals surface area contributed by atoms with Crippen LogP contribution in [0.2, 0.25) is 0 Å². The molecule has 2 N–H and O–H groups in total. The lowest BCUT2D eigenvalue weighted by atomic mass is 10.1. The van der Waals surface area contributed by atoms with Crippen LogP contribution in [-0.2, 0) is 0 Å². The molecule has 168 valence electrons. The summed E-state index contributed by atoms with van der Waals surface area (Å²) < 4.78 is 16.3. The summed E-state index contributed by atoms with van der Waals surface area (Å²) in [5.74, 6) is 1.70. The van der Waals surface area contributed by atoms with Crippen molar-refractivity contribution in [2.45, 2.75) is 26.2 Å². The number of carbonyl (C=O) groups is 1. The number of carbonyl (C=O) groups excluding carboxylic acids is 1. The molecule has 0 aliphatic carbocycles. The average Bonchev–Trinajstić information content (AvgIpc) is 3.32. The first kappa shape index (κ1) is 22.9. The fourth-order valence-electron chi connectivity index (χ4n) is 3.01. The Morgan fingerprint density at radius 3 is 2.56 bits per heavy atom. The Labute approximate surface area is 187 Å². The number of methoxy groups -OCH3 is 2. The first-order valence-corrected chi connectivity index (χ1v) is 10.5. The number of hydrogen-bond acceptors (Lipinski definition) is 6. The molecule has 8 heteroatoms. The lowest BCUT2D eigenvalue weighted by Crippen LogP contribution is -2.18. The summed E-state index contributed by atoms with van der Waals surface area (Å²) in [6, 6.07) is 14.5. The molecule has 0 bridgehead atoms. The number of H-pyrrole nitrogens is 1. The first-order chi connectivity index (χ1) is 15.6. The molecule has 2 aromatic carbocycles. The maximum Gasteiger partial charge on any atom is 0.289 e. The normalized spacial score (nSPS) is 10.8. The van der Waals surface area contributed by atoms with Crippen molar-refractivity contribution in [3.63, 3.8) is 0 Å². The Morgan fingerprint density at radius 1 is 1.06 bits per heavy atom. The van der Waals surface area contributed by atoms with Crippen molar-refractivity contribution >= 4 is 12.1 Å². The van der Waals surface area contributed by atoms with Crippen LogP contribution >= 0.6 is 0 Å². The number of hydrazone groups is 1. The SMILES string of the molecule is CCCCCOc1ccc(C=NNC(=O)c2cc(-c3cc(OC)ccc3OC)n[nH]2)cc1. The van der Waals surface area contributed by atoms with E-state index in [4.69, 9.17) is 14.2 Å². The number of ether oxygens (including phenoxy) is 3. The second-order valence-electron chi connectivity index (χ2n) is 7.06. The van der Waals surface area contributed by atoms with Gasteiger partial charge in [0, 0.05) is 5.56 Å². The number of nitrogens with zero attached hydrogens (tertiary/aromatic N) is 2. The number of rotatable bonds is 11. The van der Waals surface area contributed by atoms with Gasteiger partial charge in [-0.1, -0.05) is 19.8 Å². The van der Waals surface area contributed by atoms with Gasteiger partial charge in [-0.15, -0.1) is 0 Å². The molecule has 1 amide bonds. The molecule has 0 unspecified atom stereocenters. The van der Waals surface area contributed by atoms with Crippen molar-refractivity contribution < 1.29 is 19.0 Å². The minimum Gasteiger partial charge on any atom is -0.497 e. The Kier molecular flexibility index (Phi) is 8.25. The van der Waals surface area contributed by atoms with Gasteiger partial charge in [0.05, 0.1) is 32.7 Å². The lowest BCUT2D eigenvalue weighted by molar-refractivity contribution is 0.0950. The maximum atomic E-state index is 12.4. The summed E-state index contributed by atoms with van der Waals surface area (Å²) >= 11 is 0. The van der Waals surface area contributed by atoms with Crippen LogP contribution in [0.15, 0.2) is 53.6 Å². The standard InChI is InChI=1S/C24H28N4O4/c1-4-5-6-13-32-18-9-7-17(8-10-18)16-25-28-24(29)22-15-21(26-27-22)20-14-19(30-2)11-12-23(20)31-3/h7-12,14-16H,4-6,13H2,1-3H3,(H,26,27)(H,28,29). The van der Waals surface area contributed by atoms with Crippen LogP contribution in [0.3, 0.4) is 0 Å². The first-order valence-electron chi connectivity index (χ1n) is 10.5. The van der Waals surface area contributed by atoms with Crippen molar-refractivity contribution in [3.05, 3.63) is 59.8 Å². The minimum atomic E-state index is -0.405. The molecule has 0 aliphatic rings. The monoisotopic (exact) mass is 436 g/mol. The quantitative estimate of drug-likeness (QED) is 0.263. The molecule has 3 rings (SSSR count). The second kappa shape index (κ2) is 11.5.